The van der Waals surface area contributed by atoms with Crippen LogP contribution in [0.5, 0.6) is 11.5 Å². The summed E-state index contributed by atoms with van der Waals surface area (Å²) < 4.78 is 10.5. The van der Waals surface area contributed by atoms with Crippen molar-refractivity contribution in [1.82, 2.24) is 0 Å². The van der Waals surface area contributed by atoms with Gasteiger partial charge in [-0.05, 0) is 44.0 Å². The molecule has 0 bridgehead atoms. The zero-order valence-electron chi connectivity index (χ0n) is 11.5. The minimum Gasteiger partial charge on any atom is -0.493 e. The van der Waals surface area contributed by atoms with Crippen molar-refractivity contribution in [3.63, 3.8) is 0 Å². The van der Waals surface area contributed by atoms with E-state index in [0.29, 0.717) is 11.5 Å². The standard InChI is InChI=1S/C13H17N3O3/c1-13(2,3)12(17)19-10-6-5-9(8-15-16-14)7-11(10)18-4/h5-7H,8H2,1-4H3. The fourth-order valence-corrected chi connectivity index (χ4v) is 1.26. The Bertz CT molecular complexity index is 514. The summed E-state index contributed by atoms with van der Waals surface area (Å²) in [4.78, 5) is 14.5. The second-order valence-corrected chi connectivity index (χ2v) is 5.01. The van der Waals surface area contributed by atoms with Crippen LogP contribution in [0.3, 0.4) is 0 Å². The molecule has 0 unspecified atom stereocenters. The van der Waals surface area contributed by atoms with Crippen LogP contribution in [0.4, 0.5) is 0 Å². The van der Waals surface area contributed by atoms with Crippen molar-refractivity contribution in [3.8, 4) is 11.5 Å². The first kappa shape index (κ1) is 14.9. The molecule has 1 aromatic carbocycles. The minimum absolute atomic E-state index is 0.223. The van der Waals surface area contributed by atoms with E-state index in [2.05, 4.69) is 10.0 Å². The van der Waals surface area contributed by atoms with Gasteiger partial charge in [-0.15, -0.1) is 0 Å². The molecule has 0 radical (unpaired) electrons. The summed E-state index contributed by atoms with van der Waals surface area (Å²) in [5, 5.41) is 3.46. The number of ether oxygens (including phenoxy) is 2. The molecule has 0 saturated carbocycles. The molecule has 1 rings (SSSR count). The molecule has 0 atom stereocenters. The van der Waals surface area contributed by atoms with Crippen LogP contribution >= 0.6 is 0 Å². The number of hydrogen-bond acceptors (Lipinski definition) is 4. The maximum absolute atomic E-state index is 11.8. The third-order valence-corrected chi connectivity index (χ3v) is 2.36. The van der Waals surface area contributed by atoms with Crippen LogP contribution in [0.25, 0.3) is 10.4 Å². The summed E-state index contributed by atoms with van der Waals surface area (Å²) in [5.74, 6) is 0.448. The number of rotatable bonds is 4. The zero-order chi connectivity index (χ0) is 14.5. The van der Waals surface area contributed by atoms with E-state index in [1.54, 1.807) is 39.0 Å². The molecule has 0 aliphatic heterocycles. The largest absolute Gasteiger partial charge is 0.493 e. The summed E-state index contributed by atoms with van der Waals surface area (Å²) in [5.41, 5.74) is 8.47. The Labute approximate surface area is 112 Å². The molecule has 0 saturated heterocycles. The van der Waals surface area contributed by atoms with Gasteiger partial charge in [0, 0.05) is 4.91 Å². The zero-order valence-corrected chi connectivity index (χ0v) is 11.5. The lowest BCUT2D eigenvalue weighted by molar-refractivity contribution is -0.143. The lowest BCUT2D eigenvalue weighted by Gasteiger charge is -2.17. The summed E-state index contributed by atoms with van der Waals surface area (Å²) >= 11 is 0. The third-order valence-electron chi connectivity index (χ3n) is 2.36. The predicted octanol–water partition coefficient (Wildman–Crippen LogP) is 3.46. The lowest BCUT2D eigenvalue weighted by atomic mass is 9.97. The molecule has 0 heterocycles. The number of carbonyl (C=O) groups is 1. The van der Waals surface area contributed by atoms with E-state index in [0.717, 1.165) is 5.56 Å². The van der Waals surface area contributed by atoms with E-state index in [1.165, 1.54) is 7.11 Å². The maximum Gasteiger partial charge on any atom is 0.316 e. The number of hydrogen-bond donors (Lipinski definition) is 0. The fraction of sp³-hybridized carbons (Fsp3) is 0.462. The highest BCUT2D eigenvalue weighted by atomic mass is 16.6. The molecule has 0 spiro atoms. The number of esters is 1. The van der Waals surface area contributed by atoms with Gasteiger partial charge in [0.1, 0.15) is 0 Å². The van der Waals surface area contributed by atoms with Gasteiger partial charge in [0.15, 0.2) is 11.5 Å². The first-order valence-corrected chi connectivity index (χ1v) is 5.78. The molecule has 19 heavy (non-hydrogen) atoms. The second-order valence-electron chi connectivity index (χ2n) is 5.01. The Morgan fingerprint density at radius 2 is 2.05 bits per heavy atom. The van der Waals surface area contributed by atoms with Crippen molar-refractivity contribution in [2.45, 2.75) is 27.3 Å². The van der Waals surface area contributed by atoms with Crippen LogP contribution in [0.1, 0.15) is 26.3 Å². The molecule has 102 valence electrons. The molecule has 0 fully saturated rings. The van der Waals surface area contributed by atoms with Crippen molar-refractivity contribution in [2.75, 3.05) is 7.11 Å². The number of azide groups is 1. The van der Waals surface area contributed by atoms with Crippen molar-refractivity contribution in [3.05, 3.63) is 34.2 Å². The molecule has 0 aromatic heterocycles. The average Bonchev–Trinajstić information content (AvgIpc) is 2.36. The first-order valence-electron chi connectivity index (χ1n) is 5.78. The highest BCUT2D eigenvalue weighted by Crippen LogP contribution is 2.30. The van der Waals surface area contributed by atoms with Gasteiger partial charge in [0.25, 0.3) is 0 Å². The highest BCUT2D eigenvalue weighted by molar-refractivity contribution is 5.78. The lowest BCUT2D eigenvalue weighted by Crippen LogP contribution is -2.25. The number of methoxy groups -OCH3 is 1. The van der Waals surface area contributed by atoms with Crippen LogP contribution in [-0.4, -0.2) is 13.1 Å². The summed E-state index contributed by atoms with van der Waals surface area (Å²) in [6, 6.07) is 5.03. The van der Waals surface area contributed by atoms with E-state index < -0.39 is 5.41 Å². The van der Waals surface area contributed by atoms with Gasteiger partial charge in [0.2, 0.25) is 0 Å². The van der Waals surface area contributed by atoms with Gasteiger partial charge < -0.3 is 9.47 Å². The van der Waals surface area contributed by atoms with Crippen molar-refractivity contribution in [1.29, 1.82) is 0 Å². The summed E-state index contributed by atoms with van der Waals surface area (Å²) in [7, 11) is 1.49. The number of benzene rings is 1. The molecule has 6 nitrogen and oxygen atoms in total. The van der Waals surface area contributed by atoms with Crippen LogP contribution in [0.15, 0.2) is 23.3 Å². The summed E-state index contributed by atoms with van der Waals surface area (Å²) in [6.45, 7) is 5.55. The Hall–Kier alpha value is -2.20. The number of carbonyl (C=O) groups excluding carboxylic acids is 1. The normalized spacial score (nSPS) is 10.5. The van der Waals surface area contributed by atoms with Crippen molar-refractivity contribution in [2.24, 2.45) is 10.5 Å². The maximum atomic E-state index is 11.8. The van der Waals surface area contributed by atoms with Crippen molar-refractivity contribution >= 4 is 5.97 Å². The molecule has 0 N–H and O–H groups in total. The van der Waals surface area contributed by atoms with Gasteiger partial charge >= 0.3 is 5.97 Å². The molecular weight excluding hydrogens is 246 g/mol. The number of nitrogens with zero attached hydrogens (tertiary/aromatic N) is 3. The van der Waals surface area contributed by atoms with Crippen LogP contribution in [0.2, 0.25) is 0 Å². The topological polar surface area (TPSA) is 84.3 Å². The average molecular weight is 263 g/mol. The van der Waals surface area contributed by atoms with Gasteiger partial charge in [-0.2, -0.15) is 0 Å². The van der Waals surface area contributed by atoms with Crippen LogP contribution in [0, 0.1) is 5.41 Å². The van der Waals surface area contributed by atoms with E-state index in [4.69, 9.17) is 15.0 Å². The van der Waals surface area contributed by atoms with E-state index in [9.17, 15) is 4.79 Å². The molecule has 0 aliphatic rings. The quantitative estimate of drug-likeness (QED) is 0.274. The first-order chi connectivity index (χ1) is 8.88. The van der Waals surface area contributed by atoms with E-state index >= 15 is 0 Å². The SMILES string of the molecule is COc1cc(CN=[N+]=[N-])ccc1OC(=O)C(C)(C)C. The molecule has 0 amide bonds. The minimum atomic E-state index is -0.589. The Balaban J connectivity index is 2.96. The monoisotopic (exact) mass is 263 g/mol. The summed E-state index contributed by atoms with van der Waals surface area (Å²) in [6.07, 6.45) is 0. The van der Waals surface area contributed by atoms with Gasteiger partial charge in [-0.25, -0.2) is 0 Å². The Kier molecular flexibility index (Phi) is 4.78. The van der Waals surface area contributed by atoms with Crippen molar-refractivity contribution < 1.29 is 14.3 Å². The molecular formula is C13H17N3O3. The van der Waals surface area contributed by atoms with E-state index in [-0.39, 0.29) is 12.5 Å². The highest BCUT2D eigenvalue weighted by Gasteiger charge is 2.24. The second kappa shape index (κ2) is 6.11. The van der Waals surface area contributed by atoms with Gasteiger partial charge in [-0.3, -0.25) is 4.79 Å². The smallest absolute Gasteiger partial charge is 0.316 e. The van der Waals surface area contributed by atoms with Gasteiger partial charge in [0.05, 0.1) is 19.1 Å². The van der Waals surface area contributed by atoms with Crippen LogP contribution in [-0.2, 0) is 11.3 Å². The Morgan fingerprint density at radius 1 is 1.37 bits per heavy atom. The predicted molar refractivity (Wildman–Crippen MR) is 70.9 cm³/mol. The van der Waals surface area contributed by atoms with E-state index in [1.807, 2.05) is 0 Å². The molecule has 6 heteroatoms. The van der Waals surface area contributed by atoms with Gasteiger partial charge in [-0.1, -0.05) is 11.2 Å². The molecule has 0 aliphatic carbocycles. The van der Waals surface area contributed by atoms with Crippen LogP contribution < -0.4 is 9.47 Å². The molecule has 1 aromatic rings. The fourth-order valence-electron chi connectivity index (χ4n) is 1.26. The Morgan fingerprint density at radius 3 is 2.58 bits per heavy atom. The third kappa shape index (κ3) is 4.19.